The van der Waals surface area contributed by atoms with Crippen molar-refractivity contribution in [2.24, 2.45) is 0 Å². The number of ether oxygens (including phenoxy) is 1. The predicted octanol–water partition coefficient (Wildman–Crippen LogP) is 2.22. The molecule has 0 bridgehead atoms. The average Bonchev–Trinajstić information content (AvgIpc) is 2.53. The van der Waals surface area contributed by atoms with E-state index in [-0.39, 0.29) is 5.91 Å². The molecule has 0 atom stereocenters. The lowest BCUT2D eigenvalue weighted by atomic mass is 10.1. The number of pyridine rings is 1. The van der Waals surface area contributed by atoms with Crippen molar-refractivity contribution in [3.63, 3.8) is 0 Å². The number of carbonyl (C=O) groups is 1. The van der Waals surface area contributed by atoms with Crippen LogP contribution in [-0.4, -0.2) is 32.1 Å². The summed E-state index contributed by atoms with van der Waals surface area (Å²) in [5, 5.41) is 2.92. The van der Waals surface area contributed by atoms with Gasteiger partial charge >= 0.3 is 0 Å². The van der Waals surface area contributed by atoms with E-state index in [0.717, 1.165) is 16.9 Å². The summed E-state index contributed by atoms with van der Waals surface area (Å²) in [5.74, 6) is 0.773. The van der Waals surface area contributed by atoms with Crippen molar-refractivity contribution in [2.75, 3.05) is 26.1 Å². The molecule has 116 valence electrons. The predicted molar refractivity (Wildman–Crippen MR) is 86.9 cm³/mol. The van der Waals surface area contributed by atoms with Gasteiger partial charge < -0.3 is 15.0 Å². The van der Waals surface area contributed by atoms with E-state index in [4.69, 9.17) is 4.74 Å². The molecular formula is C17H21N3O2. The topological polar surface area (TPSA) is 54.5 Å². The van der Waals surface area contributed by atoms with Crippen molar-refractivity contribution >= 4 is 11.7 Å². The summed E-state index contributed by atoms with van der Waals surface area (Å²) in [5.41, 5.74) is 2.63. The van der Waals surface area contributed by atoms with Gasteiger partial charge in [-0.1, -0.05) is 12.1 Å². The summed E-state index contributed by atoms with van der Waals surface area (Å²) in [7, 11) is 5.51. The number of nitrogens with one attached hydrogen (secondary N) is 1. The Kier molecular flexibility index (Phi) is 5.49. The van der Waals surface area contributed by atoms with E-state index < -0.39 is 0 Å². The standard InChI is InChI=1S/C17H21N3O2/c1-20(2)16-10-13(7-8-18-16)11-19-17(21)15-6-4-5-14(9-15)12-22-3/h4-10H,11-12H2,1-3H3,(H,19,21). The van der Waals surface area contributed by atoms with Gasteiger partial charge in [0.2, 0.25) is 0 Å². The third-order valence-corrected chi connectivity index (χ3v) is 3.22. The minimum atomic E-state index is -0.0961. The minimum Gasteiger partial charge on any atom is -0.380 e. The van der Waals surface area contributed by atoms with E-state index in [1.807, 2.05) is 49.3 Å². The summed E-state index contributed by atoms with van der Waals surface area (Å²) in [6, 6.07) is 11.3. The Balaban J connectivity index is 2.00. The SMILES string of the molecule is COCc1cccc(C(=O)NCc2ccnc(N(C)C)c2)c1. The van der Waals surface area contributed by atoms with Crippen molar-refractivity contribution in [1.82, 2.24) is 10.3 Å². The molecule has 0 aliphatic rings. The van der Waals surface area contributed by atoms with E-state index in [1.54, 1.807) is 19.4 Å². The van der Waals surface area contributed by atoms with Crippen LogP contribution < -0.4 is 10.2 Å². The van der Waals surface area contributed by atoms with Gasteiger partial charge in [-0.2, -0.15) is 0 Å². The number of hydrogen-bond donors (Lipinski definition) is 1. The van der Waals surface area contributed by atoms with Crippen LogP contribution in [0.1, 0.15) is 21.5 Å². The Hall–Kier alpha value is -2.40. The van der Waals surface area contributed by atoms with Gasteiger partial charge in [-0.05, 0) is 35.4 Å². The van der Waals surface area contributed by atoms with E-state index in [0.29, 0.717) is 18.7 Å². The summed E-state index contributed by atoms with van der Waals surface area (Å²) in [6.07, 6.45) is 1.75. The first-order valence-electron chi connectivity index (χ1n) is 7.08. The third-order valence-electron chi connectivity index (χ3n) is 3.22. The molecule has 5 heteroatoms. The smallest absolute Gasteiger partial charge is 0.251 e. The fraction of sp³-hybridized carbons (Fsp3) is 0.294. The van der Waals surface area contributed by atoms with Gasteiger partial charge in [-0.15, -0.1) is 0 Å². The molecule has 22 heavy (non-hydrogen) atoms. The fourth-order valence-electron chi connectivity index (χ4n) is 2.07. The van der Waals surface area contributed by atoms with Crippen molar-refractivity contribution in [3.05, 3.63) is 59.3 Å². The molecule has 0 spiro atoms. The lowest BCUT2D eigenvalue weighted by Gasteiger charge is -2.12. The summed E-state index contributed by atoms with van der Waals surface area (Å²) in [6.45, 7) is 0.967. The second-order valence-electron chi connectivity index (χ2n) is 5.23. The monoisotopic (exact) mass is 299 g/mol. The van der Waals surface area contributed by atoms with Gasteiger partial charge in [0.1, 0.15) is 5.82 Å². The largest absolute Gasteiger partial charge is 0.380 e. The van der Waals surface area contributed by atoms with Crippen LogP contribution in [0.5, 0.6) is 0 Å². The molecule has 0 radical (unpaired) electrons. The minimum absolute atomic E-state index is 0.0961. The second kappa shape index (κ2) is 7.56. The molecule has 2 rings (SSSR count). The molecule has 1 amide bonds. The van der Waals surface area contributed by atoms with Crippen molar-refractivity contribution in [2.45, 2.75) is 13.2 Å². The van der Waals surface area contributed by atoms with E-state index in [1.165, 1.54) is 0 Å². The van der Waals surface area contributed by atoms with Crippen LogP contribution in [0, 0.1) is 0 Å². The molecule has 1 aromatic heterocycles. The Bertz CT molecular complexity index is 641. The molecule has 1 heterocycles. The number of anilines is 1. The molecular weight excluding hydrogens is 278 g/mol. The van der Waals surface area contributed by atoms with Gasteiger partial charge in [0.25, 0.3) is 5.91 Å². The first-order chi connectivity index (χ1) is 10.6. The Morgan fingerprint density at radius 3 is 2.77 bits per heavy atom. The third kappa shape index (κ3) is 4.30. The molecule has 1 aromatic carbocycles. The average molecular weight is 299 g/mol. The van der Waals surface area contributed by atoms with Gasteiger partial charge in [0.05, 0.1) is 6.61 Å². The fourth-order valence-corrected chi connectivity index (χ4v) is 2.07. The quantitative estimate of drug-likeness (QED) is 0.888. The van der Waals surface area contributed by atoms with E-state index in [9.17, 15) is 4.79 Å². The maximum Gasteiger partial charge on any atom is 0.251 e. The highest BCUT2D eigenvalue weighted by Gasteiger charge is 2.07. The van der Waals surface area contributed by atoms with Crippen LogP contribution in [0.4, 0.5) is 5.82 Å². The van der Waals surface area contributed by atoms with Crippen molar-refractivity contribution in [1.29, 1.82) is 0 Å². The highest BCUT2D eigenvalue weighted by molar-refractivity contribution is 5.94. The van der Waals surface area contributed by atoms with Crippen LogP contribution in [0.15, 0.2) is 42.6 Å². The van der Waals surface area contributed by atoms with E-state index in [2.05, 4.69) is 10.3 Å². The first kappa shape index (κ1) is 16.0. The summed E-state index contributed by atoms with van der Waals surface area (Å²) >= 11 is 0. The van der Waals surface area contributed by atoms with Crippen LogP contribution in [0.3, 0.4) is 0 Å². The number of amides is 1. The van der Waals surface area contributed by atoms with Crippen molar-refractivity contribution < 1.29 is 9.53 Å². The van der Waals surface area contributed by atoms with Crippen LogP contribution in [0.25, 0.3) is 0 Å². The maximum atomic E-state index is 12.2. The zero-order chi connectivity index (χ0) is 15.9. The molecule has 0 aliphatic carbocycles. The molecule has 0 unspecified atom stereocenters. The zero-order valence-corrected chi connectivity index (χ0v) is 13.2. The zero-order valence-electron chi connectivity index (χ0n) is 13.2. The second-order valence-corrected chi connectivity index (χ2v) is 5.23. The highest BCUT2D eigenvalue weighted by Crippen LogP contribution is 2.10. The summed E-state index contributed by atoms with van der Waals surface area (Å²) < 4.78 is 5.08. The molecule has 2 aromatic rings. The van der Waals surface area contributed by atoms with Crippen LogP contribution in [0.2, 0.25) is 0 Å². The molecule has 0 aliphatic heterocycles. The Morgan fingerprint density at radius 2 is 2.05 bits per heavy atom. The number of carbonyl (C=O) groups excluding carboxylic acids is 1. The number of methoxy groups -OCH3 is 1. The maximum absolute atomic E-state index is 12.2. The lowest BCUT2D eigenvalue weighted by molar-refractivity contribution is 0.0950. The van der Waals surface area contributed by atoms with Crippen LogP contribution in [-0.2, 0) is 17.9 Å². The lowest BCUT2D eigenvalue weighted by Crippen LogP contribution is -2.23. The molecule has 5 nitrogen and oxygen atoms in total. The molecule has 0 saturated heterocycles. The number of hydrogen-bond acceptors (Lipinski definition) is 4. The number of nitrogens with zero attached hydrogens (tertiary/aromatic N) is 2. The van der Waals surface area contributed by atoms with Gasteiger partial charge in [-0.25, -0.2) is 4.98 Å². The number of rotatable bonds is 6. The Labute approximate surface area is 130 Å². The molecule has 0 saturated carbocycles. The highest BCUT2D eigenvalue weighted by atomic mass is 16.5. The normalized spacial score (nSPS) is 10.3. The van der Waals surface area contributed by atoms with Gasteiger partial charge in [-0.3, -0.25) is 4.79 Å². The Morgan fingerprint density at radius 1 is 1.23 bits per heavy atom. The molecule has 1 N–H and O–H groups in total. The van der Waals surface area contributed by atoms with Gasteiger partial charge in [0.15, 0.2) is 0 Å². The first-order valence-corrected chi connectivity index (χ1v) is 7.08. The number of benzene rings is 1. The number of aromatic nitrogens is 1. The van der Waals surface area contributed by atoms with Crippen LogP contribution >= 0.6 is 0 Å². The molecule has 0 fully saturated rings. The van der Waals surface area contributed by atoms with Crippen molar-refractivity contribution in [3.8, 4) is 0 Å². The summed E-state index contributed by atoms with van der Waals surface area (Å²) in [4.78, 5) is 18.4. The van der Waals surface area contributed by atoms with E-state index >= 15 is 0 Å². The van der Waals surface area contributed by atoms with Gasteiger partial charge in [0, 0.05) is 39.5 Å².